The molecule has 0 rings (SSSR count). The van der Waals surface area contributed by atoms with Crippen LogP contribution in [0.15, 0.2) is 24.8 Å². The fourth-order valence-electron chi connectivity index (χ4n) is 1.32. The normalized spacial score (nSPS) is 11.7. The summed E-state index contributed by atoms with van der Waals surface area (Å²) >= 11 is 0. The first-order valence-electron chi connectivity index (χ1n) is 5.53. The largest absolute Gasteiger partial charge is 0.372 e. The molecule has 0 saturated heterocycles. The van der Waals surface area contributed by atoms with Gasteiger partial charge in [-0.1, -0.05) is 26.0 Å². The Morgan fingerprint density at radius 1 is 1.60 bits per heavy atom. The quantitative estimate of drug-likeness (QED) is 0.427. The second kappa shape index (κ2) is 9.48. The molecule has 0 aliphatic rings. The highest BCUT2D eigenvalue weighted by atomic mass is 16.5. The smallest absolute Gasteiger partial charge is 0.0817 e. The maximum Gasteiger partial charge on any atom is 0.0817 e. The molecule has 0 aliphatic carbocycles. The van der Waals surface area contributed by atoms with Crippen LogP contribution >= 0.6 is 0 Å². The molecule has 2 nitrogen and oxygen atoms in total. The molecular formula is C13H21NO. The zero-order valence-electron chi connectivity index (χ0n) is 9.67. The number of rotatable bonds is 9. The Morgan fingerprint density at radius 3 is 2.87 bits per heavy atom. The van der Waals surface area contributed by atoms with E-state index in [1.165, 1.54) is 0 Å². The molecule has 0 saturated carbocycles. The number of hydrogen-bond donors (Lipinski definition) is 0. The lowest BCUT2D eigenvalue weighted by Gasteiger charge is -2.18. The van der Waals surface area contributed by atoms with E-state index in [4.69, 9.17) is 10.00 Å². The lowest BCUT2D eigenvalue weighted by atomic mass is 10.0. The van der Waals surface area contributed by atoms with E-state index in [0.717, 1.165) is 31.3 Å². The Hall–Kier alpha value is -1.07. The molecule has 0 spiro atoms. The molecule has 15 heavy (non-hydrogen) atoms. The summed E-state index contributed by atoms with van der Waals surface area (Å²) < 4.78 is 5.59. The third kappa shape index (κ3) is 6.93. The second-order valence-electron chi connectivity index (χ2n) is 3.55. The standard InChI is InChI=1S/C13H21NO/c1-4-6-9-12(3)13(8-5-2)15-11-7-10-14/h5,13H,2-4,6-9,11H2,1H3. The van der Waals surface area contributed by atoms with Crippen LogP contribution in [0, 0.1) is 11.3 Å². The molecule has 0 fully saturated rings. The van der Waals surface area contributed by atoms with Gasteiger partial charge in [-0.05, 0) is 24.8 Å². The third-order valence-electron chi connectivity index (χ3n) is 2.22. The zero-order valence-corrected chi connectivity index (χ0v) is 9.67. The van der Waals surface area contributed by atoms with Crippen LogP contribution < -0.4 is 0 Å². The predicted octanol–water partition coefficient (Wildman–Crippen LogP) is 3.61. The lowest BCUT2D eigenvalue weighted by Crippen LogP contribution is -2.15. The first-order chi connectivity index (χ1) is 7.26. The molecule has 0 aliphatic heterocycles. The Labute approximate surface area is 93.2 Å². The average Bonchev–Trinajstić information content (AvgIpc) is 2.25. The van der Waals surface area contributed by atoms with Gasteiger partial charge in [0.15, 0.2) is 0 Å². The van der Waals surface area contributed by atoms with Gasteiger partial charge in [0.25, 0.3) is 0 Å². The van der Waals surface area contributed by atoms with Gasteiger partial charge < -0.3 is 4.74 Å². The molecular weight excluding hydrogens is 186 g/mol. The number of nitrogens with zero attached hydrogens (tertiary/aromatic N) is 1. The van der Waals surface area contributed by atoms with Crippen molar-refractivity contribution in [2.24, 2.45) is 0 Å². The summed E-state index contributed by atoms with van der Waals surface area (Å²) in [7, 11) is 0. The van der Waals surface area contributed by atoms with E-state index in [1.807, 2.05) is 6.08 Å². The monoisotopic (exact) mass is 207 g/mol. The molecule has 1 unspecified atom stereocenters. The average molecular weight is 207 g/mol. The van der Waals surface area contributed by atoms with Crippen molar-refractivity contribution in [3.63, 3.8) is 0 Å². The SMILES string of the molecule is C=CCC(OCCC#N)C(=C)CCCC. The molecule has 0 heterocycles. The van der Waals surface area contributed by atoms with Crippen molar-refractivity contribution in [1.29, 1.82) is 5.26 Å². The summed E-state index contributed by atoms with van der Waals surface area (Å²) in [6.45, 7) is 10.4. The molecule has 0 aromatic rings. The number of ether oxygens (including phenoxy) is 1. The van der Waals surface area contributed by atoms with Crippen molar-refractivity contribution in [2.45, 2.75) is 45.1 Å². The van der Waals surface area contributed by atoms with Gasteiger partial charge in [0, 0.05) is 0 Å². The number of nitriles is 1. The van der Waals surface area contributed by atoms with E-state index >= 15 is 0 Å². The molecule has 1 atom stereocenters. The highest BCUT2D eigenvalue weighted by Crippen LogP contribution is 2.16. The summed E-state index contributed by atoms with van der Waals surface area (Å²) in [5, 5.41) is 8.42. The predicted molar refractivity (Wildman–Crippen MR) is 63.4 cm³/mol. The Bertz CT molecular complexity index is 227. The van der Waals surface area contributed by atoms with Crippen molar-refractivity contribution in [2.75, 3.05) is 6.61 Å². The Balaban J connectivity index is 3.95. The van der Waals surface area contributed by atoms with Crippen LogP contribution in [0.25, 0.3) is 0 Å². The van der Waals surface area contributed by atoms with E-state index in [1.54, 1.807) is 0 Å². The minimum atomic E-state index is 0.0439. The van der Waals surface area contributed by atoms with Crippen LogP contribution in [-0.4, -0.2) is 12.7 Å². The number of hydrogen-bond acceptors (Lipinski definition) is 2. The minimum absolute atomic E-state index is 0.0439. The van der Waals surface area contributed by atoms with E-state index in [2.05, 4.69) is 26.2 Å². The summed E-state index contributed by atoms with van der Waals surface area (Å²) in [5.41, 5.74) is 1.12. The molecule has 0 aromatic carbocycles. The topological polar surface area (TPSA) is 33.0 Å². The van der Waals surface area contributed by atoms with Crippen LogP contribution in [0.2, 0.25) is 0 Å². The molecule has 2 heteroatoms. The molecule has 0 amide bonds. The van der Waals surface area contributed by atoms with Crippen LogP contribution in [0.3, 0.4) is 0 Å². The van der Waals surface area contributed by atoms with Gasteiger partial charge in [-0.2, -0.15) is 5.26 Å². The summed E-state index contributed by atoms with van der Waals surface area (Å²) in [5.74, 6) is 0. The maximum atomic E-state index is 8.42. The van der Waals surface area contributed by atoms with E-state index in [9.17, 15) is 0 Å². The first-order valence-corrected chi connectivity index (χ1v) is 5.53. The van der Waals surface area contributed by atoms with E-state index < -0.39 is 0 Å². The van der Waals surface area contributed by atoms with Crippen molar-refractivity contribution >= 4 is 0 Å². The molecule has 84 valence electrons. The van der Waals surface area contributed by atoms with Crippen LogP contribution in [0.4, 0.5) is 0 Å². The number of unbranched alkanes of at least 4 members (excludes halogenated alkanes) is 1. The van der Waals surface area contributed by atoms with Crippen molar-refractivity contribution in [3.05, 3.63) is 24.8 Å². The highest BCUT2D eigenvalue weighted by Gasteiger charge is 2.10. The molecule has 0 radical (unpaired) electrons. The van der Waals surface area contributed by atoms with Gasteiger partial charge in [-0.15, -0.1) is 6.58 Å². The fraction of sp³-hybridized carbons (Fsp3) is 0.615. The molecule has 0 bridgehead atoms. The minimum Gasteiger partial charge on any atom is -0.372 e. The Kier molecular flexibility index (Phi) is 8.81. The second-order valence-corrected chi connectivity index (χ2v) is 3.55. The van der Waals surface area contributed by atoms with E-state index in [0.29, 0.717) is 13.0 Å². The van der Waals surface area contributed by atoms with Gasteiger partial charge >= 0.3 is 0 Å². The van der Waals surface area contributed by atoms with Crippen LogP contribution in [-0.2, 0) is 4.74 Å². The van der Waals surface area contributed by atoms with Gasteiger partial charge in [-0.25, -0.2) is 0 Å². The van der Waals surface area contributed by atoms with Crippen LogP contribution in [0.5, 0.6) is 0 Å². The van der Waals surface area contributed by atoms with Gasteiger partial charge in [-0.3, -0.25) is 0 Å². The van der Waals surface area contributed by atoms with Crippen molar-refractivity contribution < 1.29 is 4.74 Å². The zero-order chi connectivity index (χ0) is 11.5. The van der Waals surface area contributed by atoms with Crippen LogP contribution in [0.1, 0.15) is 39.0 Å². The molecule has 0 N–H and O–H groups in total. The van der Waals surface area contributed by atoms with E-state index in [-0.39, 0.29) is 6.10 Å². The summed E-state index contributed by atoms with van der Waals surface area (Å²) in [6, 6.07) is 2.07. The van der Waals surface area contributed by atoms with Gasteiger partial charge in [0.2, 0.25) is 0 Å². The lowest BCUT2D eigenvalue weighted by molar-refractivity contribution is 0.0817. The highest BCUT2D eigenvalue weighted by molar-refractivity contribution is 5.04. The maximum absolute atomic E-state index is 8.42. The summed E-state index contributed by atoms with van der Waals surface area (Å²) in [4.78, 5) is 0. The van der Waals surface area contributed by atoms with Crippen molar-refractivity contribution in [3.8, 4) is 6.07 Å². The Morgan fingerprint density at radius 2 is 2.33 bits per heavy atom. The molecule has 0 aromatic heterocycles. The first kappa shape index (κ1) is 13.9. The fourth-order valence-corrected chi connectivity index (χ4v) is 1.32. The van der Waals surface area contributed by atoms with Gasteiger partial charge in [0.1, 0.15) is 0 Å². The summed E-state index contributed by atoms with van der Waals surface area (Å²) in [6.07, 6.45) is 6.42. The van der Waals surface area contributed by atoms with Gasteiger partial charge in [0.05, 0.1) is 25.2 Å². The van der Waals surface area contributed by atoms with Crippen molar-refractivity contribution in [1.82, 2.24) is 0 Å². The third-order valence-corrected chi connectivity index (χ3v) is 2.22.